The Labute approximate surface area is 183 Å². The van der Waals surface area contributed by atoms with Crippen molar-refractivity contribution in [3.8, 4) is 0 Å². The first-order chi connectivity index (χ1) is 15.1. The largest absolute Gasteiger partial charge is 0.273 e. The van der Waals surface area contributed by atoms with Crippen molar-refractivity contribution < 1.29 is 18.8 Å². The summed E-state index contributed by atoms with van der Waals surface area (Å²) in [5, 5.41) is 1.64. The molecule has 2 amide bonds. The highest BCUT2D eigenvalue weighted by Crippen LogP contribution is 2.47. The van der Waals surface area contributed by atoms with Gasteiger partial charge in [0.1, 0.15) is 11.7 Å². The zero-order chi connectivity index (χ0) is 21.5. The molecule has 0 spiro atoms. The highest BCUT2D eigenvalue weighted by Gasteiger charge is 2.60. The van der Waals surface area contributed by atoms with Crippen molar-refractivity contribution in [1.82, 2.24) is 0 Å². The number of anilines is 2. The van der Waals surface area contributed by atoms with Gasteiger partial charge >= 0.3 is 0 Å². The van der Waals surface area contributed by atoms with E-state index in [4.69, 9.17) is 4.84 Å². The van der Waals surface area contributed by atoms with Crippen LogP contribution in [0.4, 0.5) is 15.8 Å². The number of thioether (sulfide) groups is 1. The van der Waals surface area contributed by atoms with Crippen molar-refractivity contribution >= 4 is 35.0 Å². The molecule has 3 aromatic rings. The topological polar surface area (TPSA) is 49.9 Å². The first-order valence-corrected chi connectivity index (χ1v) is 11.1. The number of benzene rings is 3. The highest BCUT2D eigenvalue weighted by atomic mass is 32.2. The second-order valence-corrected chi connectivity index (χ2v) is 8.27. The summed E-state index contributed by atoms with van der Waals surface area (Å²) in [6.45, 7) is 0. The van der Waals surface area contributed by atoms with Crippen LogP contribution >= 0.6 is 11.8 Å². The number of hydroxylamine groups is 1. The van der Waals surface area contributed by atoms with Crippen LogP contribution in [-0.4, -0.2) is 24.2 Å². The summed E-state index contributed by atoms with van der Waals surface area (Å²) in [7, 11) is 0. The number of nitrogens with zero attached hydrogens (tertiary/aromatic N) is 2. The molecule has 7 heteroatoms. The minimum absolute atomic E-state index is 0.0433. The van der Waals surface area contributed by atoms with Gasteiger partial charge in [-0.3, -0.25) is 14.4 Å². The van der Waals surface area contributed by atoms with Gasteiger partial charge in [-0.1, -0.05) is 42.5 Å². The van der Waals surface area contributed by atoms with Gasteiger partial charge in [0, 0.05) is 4.90 Å². The van der Waals surface area contributed by atoms with E-state index in [1.165, 1.54) is 18.2 Å². The molecule has 0 bridgehead atoms. The van der Waals surface area contributed by atoms with Crippen molar-refractivity contribution in [1.29, 1.82) is 0 Å². The van der Waals surface area contributed by atoms with Gasteiger partial charge in [0.25, 0.3) is 5.91 Å². The molecule has 2 aliphatic heterocycles. The second-order valence-electron chi connectivity index (χ2n) is 7.39. The molecule has 156 valence electrons. The highest BCUT2D eigenvalue weighted by molar-refractivity contribution is 7.98. The molecular weight excluding hydrogens is 415 g/mol. The zero-order valence-corrected chi connectivity index (χ0v) is 17.5. The number of imide groups is 1. The molecule has 2 fully saturated rings. The van der Waals surface area contributed by atoms with Crippen LogP contribution in [0.2, 0.25) is 0 Å². The Morgan fingerprint density at radius 1 is 0.871 bits per heavy atom. The van der Waals surface area contributed by atoms with Gasteiger partial charge in [0.2, 0.25) is 5.91 Å². The van der Waals surface area contributed by atoms with Crippen molar-refractivity contribution in [2.24, 2.45) is 5.92 Å². The lowest BCUT2D eigenvalue weighted by Gasteiger charge is -2.29. The number of para-hydroxylation sites is 2. The van der Waals surface area contributed by atoms with E-state index in [0.717, 1.165) is 21.0 Å². The number of hydrogen-bond acceptors (Lipinski definition) is 5. The SMILES string of the molecule is CSc1ccc([C@@H]2[C@H]3C(=O)N(c4ccccc4F)C(=O)[C@H]3ON2c2ccccc2)cc1. The minimum Gasteiger partial charge on any atom is -0.273 e. The van der Waals surface area contributed by atoms with Crippen LogP contribution in [0.1, 0.15) is 11.6 Å². The number of carbonyl (C=O) groups excluding carboxylic acids is 2. The van der Waals surface area contributed by atoms with Crippen molar-refractivity contribution in [3.05, 3.63) is 90.2 Å². The zero-order valence-electron chi connectivity index (χ0n) is 16.6. The fourth-order valence-electron chi connectivity index (χ4n) is 4.22. The van der Waals surface area contributed by atoms with E-state index in [-0.39, 0.29) is 5.69 Å². The number of hydrogen-bond donors (Lipinski definition) is 0. The van der Waals surface area contributed by atoms with E-state index in [1.54, 1.807) is 22.9 Å². The summed E-state index contributed by atoms with van der Waals surface area (Å²) in [5.74, 6) is -2.42. The van der Waals surface area contributed by atoms with Crippen molar-refractivity contribution in [2.45, 2.75) is 17.0 Å². The third kappa shape index (κ3) is 3.21. The summed E-state index contributed by atoms with van der Waals surface area (Å²) in [6.07, 6.45) is 0.975. The summed E-state index contributed by atoms with van der Waals surface area (Å²) >= 11 is 1.62. The van der Waals surface area contributed by atoms with E-state index < -0.39 is 35.7 Å². The number of halogens is 1. The van der Waals surface area contributed by atoms with Gasteiger partial charge in [0.05, 0.1) is 17.4 Å². The molecule has 5 nitrogen and oxygen atoms in total. The maximum Gasteiger partial charge on any atom is 0.266 e. The van der Waals surface area contributed by atoms with Gasteiger partial charge in [0.15, 0.2) is 6.10 Å². The maximum absolute atomic E-state index is 14.4. The van der Waals surface area contributed by atoms with Gasteiger partial charge in [-0.25, -0.2) is 14.4 Å². The molecule has 0 aliphatic carbocycles. The Balaban J connectivity index is 1.59. The molecule has 5 rings (SSSR count). The molecule has 0 aromatic heterocycles. The monoisotopic (exact) mass is 434 g/mol. The fraction of sp³-hybridized carbons (Fsp3) is 0.167. The van der Waals surface area contributed by atoms with Crippen LogP contribution in [0.25, 0.3) is 0 Å². The Morgan fingerprint density at radius 3 is 2.23 bits per heavy atom. The predicted octanol–water partition coefficient (Wildman–Crippen LogP) is 4.60. The van der Waals surface area contributed by atoms with Gasteiger partial charge < -0.3 is 0 Å². The molecule has 0 saturated carbocycles. The maximum atomic E-state index is 14.4. The van der Waals surface area contributed by atoms with E-state index >= 15 is 0 Å². The third-order valence-corrected chi connectivity index (χ3v) is 6.42. The number of fused-ring (bicyclic) bond motifs is 1. The summed E-state index contributed by atoms with van der Waals surface area (Å²) < 4.78 is 14.4. The molecule has 0 unspecified atom stereocenters. The van der Waals surface area contributed by atoms with E-state index in [2.05, 4.69) is 0 Å². The normalized spacial score (nSPS) is 22.8. The Morgan fingerprint density at radius 2 is 1.55 bits per heavy atom. The van der Waals surface area contributed by atoms with Gasteiger partial charge in [-0.05, 0) is 48.2 Å². The summed E-state index contributed by atoms with van der Waals surface area (Å²) in [4.78, 5) is 34.7. The van der Waals surface area contributed by atoms with Crippen LogP contribution in [0.15, 0.2) is 83.8 Å². The van der Waals surface area contributed by atoms with Crippen molar-refractivity contribution in [3.63, 3.8) is 0 Å². The van der Waals surface area contributed by atoms with Crippen LogP contribution in [0.3, 0.4) is 0 Å². The lowest BCUT2D eigenvalue weighted by Crippen LogP contribution is -2.37. The smallest absolute Gasteiger partial charge is 0.266 e. The molecule has 2 saturated heterocycles. The predicted molar refractivity (Wildman–Crippen MR) is 117 cm³/mol. The van der Waals surface area contributed by atoms with Crippen molar-refractivity contribution in [2.75, 3.05) is 16.2 Å². The average molecular weight is 434 g/mol. The van der Waals surface area contributed by atoms with Gasteiger partial charge in [-0.15, -0.1) is 11.8 Å². The molecule has 0 N–H and O–H groups in total. The van der Waals surface area contributed by atoms with Gasteiger partial charge in [-0.2, -0.15) is 0 Å². The molecule has 3 atom stereocenters. The van der Waals surface area contributed by atoms with Crippen LogP contribution in [0, 0.1) is 11.7 Å². The van der Waals surface area contributed by atoms with Crippen LogP contribution in [-0.2, 0) is 14.4 Å². The fourth-order valence-corrected chi connectivity index (χ4v) is 4.63. The quantitative estimate of drug-likeness (QED) is 0.444. The van der Waals surface area contributed by atoms with Crippen LogP contribution < -0.4 is 9.96 Å². The number of rotatable bonds is 4. The standard InChI is InChI=1S/C24H19FN2O3S/c1-31-17-13-11-15(12-14-17)21-20-22(30-27(21)16-7-3-2-4-8-16)24(29)26(23(20)28)19-10-6-5-9-18(19)25/h2-14,20-22H,1H3/t20-,21-,22+/m1/s1. The molecule has 2 aliphatic rings. The van der Waals surface area contributed by atoms with E-state index in [9.17, 15) is 14.0 Å². The Hall–Kier alpha value is -3.16. The lowest BCUT2D eigenvalue weighted by atomic mass is 9.90. The summed E-state index contributed by atoms with van der Waals surface area (Å²) in [5.41, 5.74) is 1.55. The summed E-state index contributed by atoms with van der Waals surface area (Å²) in [6, 6.07) is 22.5. The third-order valence-electron chi connectivity index (χ3n) is 5.68. The second kappa shape index (κ2) is 7.83. The van der Waals surface area contributed by atoms with E-state index in [0.29, 0.717) is 0 Å². The lowest BCUT2D eigenvalue weighted by molar-refractivity contribution is -0.126. The van der Waals surface area contributed by atoms with E-state index in [1.807, 2.05) is 60.9 Å². The Bertz CT molecular complexity index is 1140. The van der Waals surface area contributed by atoms with Crippen LogP contribution in [0.5, 0.6) is 0 Å². The number of amides is 2. The number of carbonyl (C=O) groups is 2. The molecule has 31 heavy (non-hydrogen) atoms. The Kier molecular flexibility index (Phi) is 5.00. The average Bonchev–Trinajstić information content (AvgIpc) is 3.31. The molecule has 2 heterocycles. The first kappa shape index (κ1) is 19.8. The first-order valence-electron chi connectivity index (χ1n) is 9.87. The molecule has 0 radical (unpaired) electrons. The molecular formula is C24H19FN2O3S. The minimum atomic E-state index is -1.02. The molecule has 3 aromatic carbocycles.